The first-order valence-corrected chi connectivity index (χ1v) is 12.5. The van der Waals surface area contributed by atoms with Gasteiger partial charge in [-0.05, 0) is 19.3 Å². The van der Waals surface area contributed by atoms with Gasteiger partial charge in [-0.3, -0.25) is 9.59 Å². The first kappa shape index (κ1) is 27.9. The number of carbonyl (C=O) groups is 2. The van der Waals surface area contributed by atoms with Crippen LogP contribution in [-0.4, -0.2) is 23.1 Å². The first-order valence-electron chi connectivity index (χ1n) is 12.5. The van der Waals surface area contributed by atoms with Gasteiger partial charge in [0, 0.05) is 6.42 Å². The van der Waals surface area contributed by atoms with Gasteiger partial charge in [-0.1, -0.05) is 110 Å². The second-order valence-electron chi connectivity index (χ2n) is 8.55. The molecule has 0 radical (unpaired) electrons. The monoisotopic (exact) mass is 412 g/mol. The highest BCUT2D eigenvalue weighted by molar-refractivity contribution is 5.71. The van der Waals surface area contributed by atoms with Crippen LogP contribution in [0, 0.1) is 0 Å². The van der Waals surface area contributed by atoms with E-state index < -0.39 is 12.1 Å². The van der Waals surface area contributed by atoms with Gasteiger partial charge in [-0.25, -0.2) is 0 Å². The first-order chi connectivity index (χ1) is 14.1. The van der Waals surface area contributed by atoms with Gasteiger partial charge >= 0.3 is 11.9 Å². The SMILES string of the molecule is CCCCCCCCCCCC(=O)OC(CCCCCCCCCC)CC(=O)O. The fourth-order valence-corrected chi connectivity index (χ4v) is 3.73. The summed E-state index contributed by atoms with van der Waals surface area (Å²) in [6.45, 7) is 4.45. The molecular weight excluding hydrogens is 364 g/mol. The molecule has 172 valence electrons. The van der Waals surface area contributed by atoms with Crippen molar-refractivity contribution < 1.29 is 19.4 Å². The lowest BCUT2D eigenvalue weighted by Crippen LogP contribution is -2.21. The van der Waals surface area contributed by atoms with E-state index in [4.69, 9.17) is 9.84 Å². The number of hydrogen-bond acceptors (Lipinski definition) is 3. The average Bonchev–Trinajstić information content (AvgIpc) is 2.68. The third-order valence-electron chi connectivity index (χ3n) is 5.56. The molecule has 0 aliphatic heterocycles. The van der Waals surface area contributed by atoms with Crippen molar-refractivity contribution in [3.8, 4) is 0 Å². The third kappa shape index (κ3) is 21.5. The van der Waals surface area contributed by atoms with E-state index in [1.54, 1.807) is 0 Å². The van der Waals surface area contributed by atoms with Crippen LogP contribution in [0.5, 0.6) is 0 Å². The maximum atomic E-state index is 12.1. The van der Waals surface area contributed by atoms with E-state index in [-0.39, 0.29) is 12.4 Å². The summed E-state index contributed by atoms with van der Waals surface area (Å²) in [4.78, 5) is 23.1. The number of unbranched alkanes of at least 4 members (excludes halogenated alkanes) is 15. The summed E-state index contributed by atoms with van der Waals surface area (Å²) >= 11 is 0. The van der Waals surface area contributed by atoms with E-state index in [0.717, 1.165) is 25.7 Å². The number of carboxylic acids is 1. The molecule has 0 aromatic heterocycles. The Morgan fingerprint density at radius 2 is 1.07 bits per heavy atom. The summed E-state index contributed by atoms with van der Waals surface area (Å²) in [7, 11) is 0. The van der Waals surface area contributed by atoms with Crippen molar-refractivity contribution in [3.63, 3.8) is 0 Å². The highest BCUT2D eigenvalue weighted by atomic mass is 16.5. The zero-order valence-corrected chi connectivity index (χ0v) is 19.4. The summed E-state index contributed by atoms with van der Waals surface area (Å²) in [6.07, 6.45) is 21.1. The number of carboxylic acid groups (broad SMARTS) is 1. The van der Waals surface area contributed by atoms with E-state index in [0.29, 0.717) is 12.8 Å². The maximum absolute atomic E-state index is 12.1. The summed E-state index contributed by atoms with van der Waals surface area (Å²) < 4.78 is 5.47. The second-order valence-corrected chi connectivity index (χ2v) is 8.55. The Morgan fingerprint density at radius 3 is 1.52 bits per heavy atom. The van der Waals surface area contributed by atoms with Gasteiger partial charge in [0.15, 0.2) is 0 Å². The van der Waals surface area contributed by atoms with E-state index in [1.807, 2.05) is 0 Å². The fraction of sp³-hybridized carbons (Fsp3) is 0.920. The molecule has 4 heteroatoms. The predicted molar refractivity (Wildman–Crippen MR) is 121 cm³/mol. The zero-order chi connectivity index (χ0) is 21.6. The zero-order valence-electron chi connectivity index (χ0n) is 19.4. The molecular formula is C25H48O4. The van der Waals surface area contributed by atoms with E-state index in [2.05, 4.69) is 13.8 Å². The van der Waals surface area contributed by atoms with Crippen molar-refractivity contribution >= 4 is 11.9 Å². The van der Waals surface area contributed by atoms with Crippen LogP contribution in [0.3, 0.4) is 0 Å². The van der Waals surface area contributed by atoms with Gasteiger partial charge in [0.25, 0.3) is 0 Å². The molecule has 1 unspecified atom stereocenters. The number of carbonyl (C=O) groups excluding carboxylic acids is 1. The Kier molecular flexibility index (Phi) is 20.9. The van der Waals surface area contributed by atoms with Crippen LogP contribution in [0.1, 0.15) is 142 Å². The minimum Gasteiger partial charge on any atom is -0.481 e. The molecule has 0 heterocycles. The van der Waals surface area contributed by atoms with Crippen LogP contribution in [0.25, 0.3) is 0 Å². The van der Waals surface area contributed by atoms with E-state index in [9.17, 15) is 9.59 Å². The minimum atomic E-state index is -0.884. The van der Waals surface area contributed by atoms with Gasteiger partial charge in [0.1, 0.15) is 6.10 Å². The Morgan fingerprint density at radius 1 is 0.655 bits per heavy atom. The second kappa shape index (κ2) is 21.6. The third-order valence-corrected chi connectivity index (χ3v) is 5.56. The number of ether oxygens (including phenoxy) is 1. The molecule has 0 aromatic carbocycles. The lowest BCUT2D eigenvalue weighted by atomic mass is 10.0. The normalized spacial score (nSPS) is 12.1. The molecule has 0 spiro atoms. The summed E-state index contributed by atoms with van der Waals surface area (Å²) in [5.74, 6) is -1.11. The van der Waals surface area contributed by atoms with Gasteiger partial charge in [-0.15, -0.1) is 0 Å². The molecule has 1 N–H and O–H groups in total. The van der Waals surface area contributed by atoms with Crippen LogP contribution in [-0.2, 0) is 14.3 Å². The Bertz CT molecular complexity index is 381. The molecule has 0 bridgehead atoms. The van der Waals surface area contributed by atoms with Crippen LogP contribution >= 0.6 is 0 Å². The van der Waals surface area contributed by atoms with Crippen molar-refractivity contribution in [2.45, 2.75) is 148 Å². The van der Waals surface area contributed by atoms with Gasteiger partial charge in [0.05, 0.1) is 6.42 Å². The van der Waals surface area contributed by atoms with Gasteiger partial charge in [0.2, 0.25) is 0 Å². The summed E-state index contributed by atoms with van der Waals surface area (Å²) in [6, 6.07) is 0. The van der Waals surface area contributed by atoms with Crippen LogP contribution in [0.4, 0.5) is 0 Å². The smallest absolute Gasteiger partial charge is 0.307 e. The molecule has 1 atom stereocenters. The number of hydrogen-bond donors (Lipinski definition) is 1. The molecule has 29 heavy (non-hydrogen) atoms. The lowest BCUT2D eigenvalue weighted by molar-refractivity contribution is -0.153. The molecule has 4 nitrogen and oxygen atoms in total. The number of aliphatic carboxylic acids is 1. The fourth-order valence-electron chi connectivity index (χ4n) is 3.73. The van der Waals surface area contributed by atoms with Gasteiger partial charge in [-0.2, -0.15) is 0 Å². The molecule has 0 saturated heterocycles. The quantitative estimate of drug-likeness (QED) is 0.145. The van der Waals surface area contributed by atoms with Crippen molar-refractivity contribution in [1.82, 2.24) is 0 Å². The summed E-state index contributed by atoms with van der Waals surface area (Å²) in [5, 5.41) is 9.08. The van der Waals surface area contributed by atoms with Crippen molar-refractivity contribution in [2.75, 3.05) is 0 Å². The summed E-state index contributed by atoms with van der Waals surface area (Å²) in [5.41, 5.74) is 0. The van der Waals surface area contributed by atoms with E-state index in [1.165, 1.54) is 83.5 Å². The topological polar surface area (TPSA) is 63.6 Å². The predicted octanol–water partition coefficient (Wildman–Crippen LogP) is 7.82. The van der Waals surface area contributed by atoms with Crippen molar-refractivity contribution in [2.24, 2.45) is 0 Å². The lowest BCUT2D eigenvalue weighted by Gasteiger charge is -2.16. The largest absolute Gasteiger partial charge is 0.481 e. The van der Waals surface area contributed by atoms with Crippen molar-refractivity contribution in [3.05, 3.63) is 0 Å². The molecule has 0 aliphatic rings. The minimum absolute atomic E-state index is 0.0694. The molecule has 0 fully saturated rings. The standard InChI is InChI=1S/C25H48O4/c1-3-5-7-9-11-13-15-17-19-21-25(28)29-23(22-24(26)27)20-18-16-14-12-10-8-6-4-2/h23H,3-22H2,1-2H3,(H,26,27). The molecule has 0 amide bonds. The van der Waals surface area contributed by atoms with Crippen LogP contribution in [0.2, 0.25) is 0 Å². The highest BCUT2D eigenvalue weighted by Gasteiger charge is 2.17. The maximum Gasteiger partial charge on any atom is 0.307 e. The van der Waals surface area contributed by atoms with Crippen LogP contribution in [0.15, 0.2) is 0 Å². The number of esters is 1. The molecule has 0 aromatic rings. The Hall–Kier alpha value is -1.06. The van der Waals surface area contributed by atoms with Gasteiger partial charge < -0.3 is 9.84 Å². The molecule has 0 saturated carbocycles. The van der Waals surface area contributed by atoms with E-state index >= 15 is 0 Å². The average molecular weight is 413 g/mol. The Labute approximate surface area is 180 Å². The van der Waals surface area contributed by atoms with Crippen LogP contribution < -0.4 is 0 Å². The Balaban J connectivity index is 3.76. The molecule has 0 rings (SSSR count). The number of rotatable bonds is 22. The highest BCUT2D eigenvalue weighted by Crippen LogP contribution is 2.16. The molecule has 0 aliphatic carbocycles. The van der Waals surface area contributed by atoms with Crippen molar-refractivity contribution in [1.29, 1.82) is 0 Å².